The number of allylic oxidation sites excluding steroid dienone is 2. The molecule has 7 nitrogen and oxygen atoms in total. The van der Waals surface area contributed by atoms with Crippen molar-refractivity contribution in [1.29, 1.82) is 15.8 Å². The molecule has 2 aromatic carbocycles. The number of hydrogen-bond acceptors (Lipinski definition) is 10. The SMILES string of the molecule is C#Cc1ccc2oc(/C(C#N)=C/c3cc(C)c(-c4ccc(-c5sc(/C=C(\C#N)c6nc7cc(C#N)ccc7o6)cc5C)s4)s3)nc2c1. The maximum Gasteiger partial charge on any atom is 0.238 e. The van der Waals surface area contributed by atoms with Crippen LogP contribution < -0.4 is 0 Å². The Morgan fingerprint density at radius 2 is 1.17 bits per heavy atom. The van der Waals surface area contributed by atoms with E-state index in [1.165, 1.54) is 0 Å². The van der Waals surface area contributed by atoms with Gasteiger partial charge < -0.3 is 8.83 Å². The molecular weight excluding hydrogens is 643 g/mol. The molecular formula is C37H19N5O2S3. The van der Waals surface area contributed by atoms with E-state index in [4.69, 9.17) is 15.3 Å². The summed E-state index contributed by atoms with van der Waals surface area (Å²) in [5.74, 6) is 3.06. The molecule has 0 bridgehead atoms. The largest absolute Gasteiger partial charge is 0.435 e. The first kappa shape index (κ1) is 29.7. The fourth-order valence-corrected chi connectivity index (χ4v) is 8.63. The number of aromatic nitrogens is 2. The van der Waals surface area contributed by atoms with Crippen LogP contribution in [0.3, 0.4) is 0 Å². The molecule has 47 heavy (non-hydrogen) atoms. The van der Waals surface area contributed by atoms with Crippen molar-refractivity contribution < 1.29 is 8.83 Å². The highest BCUT2D eigenvalue weighted by atomic mass is 32.1. The van der Waals surface area contributed by atoms with Gasteiger partial charge in [0.25, 0.3) is 0 Å². The quantitative estimate of drug-likeness (QED) is 0.128. The zero-order valence-electron chi connectivity index (χ0n) is 24.8. The molecule has 0 radical (unpaired) electrons. The van der Waals surface area contributed by atoms with Gasteiger partial charge in [-0.25, -0.2) is 9.97 Å². The molecule has 5 heterocycles. The Morgan fingerprint density at radius 3 is 1.64 bits per heavy atom. The molecule has 0 atom stereocenters. The molecule has 5 aromatic heterocycles. The average molecular weight is 662 g/mol. The number of thiophene rings is 3. The van der Waals surface area contributed by atoms with Crippen LogP contribution in [0.25, 0.3) is 65.0 Å². The molecule has 0 aliphatic rings. The van der Waals surface area contributed by atoms with Gasteiger partial charge in [-0.05, 0) is 97.8 Å². The summed E-state index contributed by atoms with van der Waals surface area (Å²) in [5.41, 5.74) is 6.25. The van der Waals surface area contributed by atoms with Crippen LogP contribution in [0.2, 0.25) is 0 Å². The van der Waals surface area contributed by atoms with Gasteiger partial charge in [0.1, 0.15) is 34.3 Å². The number of benzene rings is 2. The Bertz CT molecular complexity index is 2430. The lowest BCUT2D eigenvalue weighted by atomic mass is 10.2. The third-order valence-corrected chi connectivity index (χ3v) is 11.1. The van der Waals surface area contributed by atoms with Gasteiger partial charge in [0.05, 0.1) is 11.6 Å². The second-order valence-corrected chi connectivity index (χ2v) is 13.7. The highest BCUT2D eigenvalue weighted by Gasteiger charge is 2.17. The molecule has 7 rings (SSSR count). The lowest BCUT2D eigenvalue weighted by molar-refractivity contribution is 0.586. The molecule has 0 fully saturated rings. The molecule has 0 saturated heterocycles. The number of nitriles is 3. The Morgan fingerprint density at radius 1 is 0.681 bits per heavy atom. The van der Waals surface area contributed by atoms with Crippen molar-refractivity contribution in [2.45, 2.75) is 13.8 Å². The van der Waals surface area contributed by atoms with Gasteiger partial charge in [-0.3, -0.25) is 0 Å². The summed E-state index contributed by atoms with van der Waals surface area (Å²) in [7, 11) is 0. The summed E-state index contributed by atoms with van der Waals surface area (Å²) >= 11 is 4.89. The predicted molar refractivity (Wildman–Crippen MR) is 188 cm³/mol. The van der Waals surface area contributed by atoms with Crippen LogP contribution in [-0.4, -0.2) is 9.97 Å². The van der Waals surface area contributed by atoms with Gasteiger partial charge in [-0.2, -0.15) is 15.8 Å². The summed E-state index contributed by atoms with van der Waals surface area (Å²) < 4.78 is 11.7. The van der Waals surface area contributed by atoms with Gasteiger partial charge in [0.2, 0.25) is 11.8 Å². The molecule has 10 heteroatoms. The van der Waals surface area contributed by atoms with Crippen LogP contribution in [0.4, 0.5) is 0 Å². The molecule has 0 spiro atoms. The Kier molecular flexibility index (Phi) is 7.62. The molecule has 0 N–H and O–H groups in total. The third-order valence-electron chi connectivity index (χ3n) is 7.27. The van der Waals surface area contributed by atoms with E-state index in [1.54, 1.807) is 82.6 Å². The van der Waals surface area contributed by atoms with E-state index in [1.807, 2.05) is 0 Å². The summed E-state index contributed by atoms with van der Waals surface area (Å²) in [4.78, 5) is 15.2. The first-order chi connectivity index (χ1) is 22.8. The fourth-order valence-electron chi connectivity index (χ4n) is 5.04. The number of nitrogens with zero attached hydrogens (tertiary/aromatic N) is 5. The normalized spacial score (nSPS) is 11.8. The van der Waals surface area contributed by atoms with Crippen molar-refractivity contribution >= 4 is 79.5 Å². The van der Waals surface area contributed by atoms with Crippen LogP contribution in [0.1, 0.15) is 43.8 Å². The third kappa shape index (κ3) is 5.66. The molecule has 0 aliphatic carbocycles. The second kappa shape index (κ2) is 12.1. The molecule has 0 amide bonds. The number of aryl methyl sites for hydroxylation is 2. The Balaban J connectivity index is 1.15. The Hall–Kier alpha value is -6.01. The maximum absolute atomic E-state index is 9.92. The fraction of sp³-hybridized carbons (Fsp3) is 0.0541. The van der Waals surface area contributed by atoms with E-state index < -0.39 is 0 Å². The van der Waals surface area contributed by atoms with E-state index in [-0.39, 0.29) is 11.8 Å². The van der Waals surface area contributed by atoms with Gasteiger partial charge in [0.15, 0.2) is 11.2 Å². The monoisotopic (exact) mass is 661 g/mol. The van der Waals surface area contributed by atoms with E-state index in [0.717, 1.165) is 40.4 Å². The number of rotatable bonds is 6. The van der Waals surface area contributed by atoms with Crippen molar-refractivity contribution in [2.75, 3.05) is 0 Å². The van der Waals surface area contributed by atoms with Crippen LogP contribution >= 0.6 is 34.0 Å². The minimum atomic E-state index is 0.218. The van der Waals surface area contributed by atoms with Gasteiger partial charge in [-0.1, -0.05) is 5.92 Å². The van der Waals surface area contributed by atoms with E-state index in [9.17, 15) is 15.8 Å². The van der Waals surface area contributed by atoms with Crippen molar-refractivity contribution in [1.82, 2.24) is 9.97 Å². The van der Waals surface area contributed by atoms with Crippen molar-refractivity contribution in [3.05, 3.63) is 104 Å². The minimum absolute atomic E-state index is 0.218. The van der Waals surface area contributed by atoms with E-state index in [2.05, 4.69) is 72.2 Å². The van der Waals surface area contributed by atoms with Crippen molar-refractivity contribution in [3.63, 3.8) is 0 Å². The van der Waals surface area contributed by atoms with Crippen molar-refractivity contribution in [2.24, 2.45) is 0 Å². The molecule has 0 unspecified atom stereocenters. The van der Waals surface area contributed by atoms with Crippen LogP contribution in [-0.2, 0) is 0 Å². The van der Waals surface area contributed by atoms with Gasteiger partial charge in [-0.15, -0.1) is 40.4 Å². The van der Waals surface area contributed by atoms with Crippen LogP contribution in [0.15, 0.2) is 69.5 Å². The van der Waals surface area contributed by atoms with E-state index >= 15 is 0 Å². The highest BCUT2D eigenvalue weighted by molar-refractivity contribution is 7.27. The van der Waals surface area contributed by atoms with Gasteiger partial charge >= 0.3 is 0 Å². The number of terminal acetylenes is 1. The zero-order chi connectivity index (χ0) is 32.7. The molecule has 222 valence electrons. The smallest absolute Gasteiger partial charge is 0.238 e. The Labute approximate surface area is 281 Å². The first-order valence-corrected chi connectivity index (χ1v) is 16.5. The predicted octanol–water partition coefficient (Wildman–Crippen LogP) is 10.1. The molecule has 0 aliphatic heterocycles. The lowest BCUT2D eigenvalue weighted by Crippen LogP contribution is -1.80. The first-order valence-electron chi connectivity index (χ1n) is 14.1. The summed E-state index contributed by atoms with van der Waals surface area (Å²) in [6, 6.07) is 25.2. The lowest BCUT2D eigenvalue weighted by Gasteiger charge is -1.95. The van der Waals surface area contributed by atoms with E-state index in [0.29, 0.717) is 44.5 Å². The van der Waals surface area contributed by atoms with Gasteiger partial charge in [0, 0.05) is 34.8 Å². The maximum atomic E-state index is 9.92. The zero-order valence-corrected chi connectivity index (χ0v) is 27.2. The topological polar surface area (TPSA) is 123 Å². The molecule has 0 saturated carbocycles. The van der Waals surface area contributed by atoms with Crippen LogP contribution in [0, 0.1) is 60.2 Å². The second-order valence-electron chi connectivity index (χ2n) is 10.5. The van der Waals surface area contributed by atoms with Crippen LogP contribution in [0.5, 0.6) is 0 Å². The van der Waals surface area contributed by atoms with Crippen molar-refractivity contribution in [3.8, 4) is 50.1 Å². The molecule has 7 aromatic rings. The standard InChI is InChI=1S/C37H19N5O2S3/c1-4-22-5-7-30-28(13-22)41-36(43-30)24(18-39)15-26-11-20(2)34(45-26)32-9-10-33(47-32)35-21(3)12-27(46-35)16-25(19-40)37-42-29-14-23(17-38)6-8-31(29)44-37/h1,5-16H,2-3H3/b24-15+,25-16+. The average Bonchev–Trinajstić information content (AvgIpc) is 3.91. The number of oxazole rings is 2. The minimum Gasteiger partial charge on any atom is -0.435 e. The number of hydrogen-bond donors (Lipinski definition) is 0. The summed E-state index contributed by atoms with van der Waals surface area (Å²) in [6.07, 6.45) is 9.09. The number of fused-ring (bicyclic) bond motifs is 2. The summed E-state index contributed by atoms with van der Waals surface area (Å²) in [6.45, 7) is 4.12. The highest BCUT2D eigenvalue weighted by Crippen LogP contribution is 2.44. The summed E-state index contributed by atoms with van der Waals surface area (Å²) in [5, 5.41) is 29.0.